The highest BCUT2D eigenvalue weighted by Crippen LogP contribution is 2.41. The number of pyridine rings is 1. The smallest absolute Gasteiger partial charge is 0.142 e. The highest BCUT2D eigenvalue weighted by Gasteiger charge is 2.33. The summed E-state index contributed by atoms with van der Waals surface area (Å²) < 4.78 is 5.45. The van der Waals surface area contributed by atoms with Crippen molar-refractivity contribution >= 4 is 23.5 Å². The molecule has 0 aromatic carbocycles. The Kier molecular flexibility index (Phi) is 5.42. The van der Waals surface area contributed by atoms with Crippen molar-refractivity contribution in [3.63, 3.8) is 0 Å². The predicted molar refractivity (Wildman–Crippen MR) is 85.4 cm³/mol. The summed E-state index contributed by atoms with van der Waals surface area (Å²) in [5.74, 6) is 2.03. The quantitative estimate of drug-likeness (QED) is 0.924. The SMILES string of the molecule is CNC(c1ncccc1OC)C1CSC(C)C(C)S1. The van der Waals surface area contributed by atoms with Gasteiger partial charge in [-0.2, -0.15) is 23.5 Å². The van der Waals surface area contributed by atoms with Gasteiger partial charge in [-0.05, 0) is 19.2 Å². The Morgan fingerprint density at radius 2 is 2.21 bits per heavy atom. The molecule has 1 N–H and O–H groups in total. The molecule has 0 saturated carbocycles. The molecule has 1 aliphatic rings. The zero-order valence-electron chi connectivity index (χ0n) is 11.9. The van der Waals surface area contributed by atoms with Gasteiger partial charge in [-0.25, -0.2) is 0 Å². The summed E-state index contributed by atoms with van der Waals surface area (Å²) >= 11 is 4.12. The summed E-state index contributed by atoms with van der Waals surface area (Å²) in [5.41, 5.74) is 1.02. The first-order chi connectivity index (χ1) is 9.17. The standard InChI is InChI=1S/C14H22N2OS2/c1-9-10(2)19-12(8-18-9)14(15-3)13-11(17-4)6-5-7-16-13/h5-7,9-10,12,14-15H,8H2,1-4H3. The molecule has 1 fully saturated rings. The molecule has 1 aromatic rings. The van der Waals surface area contributed by atoms with Gasteiger partial charge in [0.1, 0.15) is 11.4 Å². The number of nitrogens with zero attached hydrogens (tertiary/aromatic N) is 1. The number of methoxy groups -OCH3 is 1. The van der Waals surface area contributed by atoms with E-state index in [1.807, 2.05) is 25.4 Å². The van der Waals surface area contributed by atoms with Crippen molar-refractivity contribution in [2.75, 3.05) is 19.9 Å². The van der Waals surface area contributed by atoms with Crippen LogP contribution in [0.4, 0.5) is 0 Å². The molecule has 106 valence electrons. The number of nitrogens with one attached hydrogen (secondary N) is 1. The summed E-state index contributed by atoms with van der Waals surface area (Å²) in [6.07, 6.45) is 1.84. The molecule has 0 spiro atoms. The van der Waals surface area contributed by atoms with Crippen LogP contribution in [0.3, 0.4) is 0 Å². The minimum Gasteiger partial charge on any atom is -0.495 e. The second kappa shape index (κ2) is 6.86. The Morgan fingerprint density at radius 3 is 2.84 bits per heavy atom. The van der Waals surface area contributed by atoms with Gasteiger partial charge in [0.25, 0.3) is 0 Å². The van der Waals surface area contributed by atoms with Gasteiger partial charge in [-0.1, -0.05) is 13.8 Å². The monoisotopic (exact) mass is 298 g/mol. The molecule has 0 amide bonds. The Morgan fingerprint density at radius 1 is 1.42 bits per heavy atom. The molecule has 0 radical (unpaired) electrons. The van der Waals surface area contributed by atoms with E-state index in [0.717, 1.165) is 22.4 Å². The molecule has 2 heterocycles. The Hall–Kier alpha value is -0.390. The van der Waals surface area contributed by atoms with E-state index in [9.17, 15) is 0 Å². The topological polar surface area (TPSA) is 34.2 Å². The molecule has 1 saturated heterocycles. The normalized spacial score (nSPS) is 28.9. The fraction of sp³-hybridized carbons (Fsp3) is 0.643. The van der Waals surface area contributed by atoms with Gasteiger partial charge in [0.05, 0.1) is 13.2 Å². The van der Waals surface area contributed by atoms with E-state index in [0.29, 0.717) is 10.5 Å². The maximum atomic E-state index is 5.45. The van der Waals surface area contributed by atoms with Crippen LogP contribution in [-0.4, -0.2) is 40.6 Å². The van der Waals surface area contributed by atoms with Gasteiger partial charge in [0, 0.05) is 27.7 Å². The van der Waals surface area contributed by atoms with Crippen LogP contribution < -0.4 is 10.1 Å². The molecule has 19 heavy (non-hydrogen) atoms. The third kappa shape index (κ3) is 3.38. The average molecular weight is 298 g/mol. The molecule has 0 aliphatic carbocycles. The number of thioether (sulfide) groups is 2. The van der Waals surface area contributed by atoms with Crippen molar-refractivity contribution in [3.8, 4) is 5.75 Å². The van der Waals surface area contributed by atoms with Gasteiger partial charge in [-0.15, -0.1) is 0 Å². The van der Waals surface area contributed by atoms with Crippen molar-refractivity contribution in [2.24, 2.45) is 0 Å². The fourth-order valence-electron chi connectivity index (χ4n) is 2.29. The minimum absolute atomic E-state index is 0.239. The second-order valence-electron chi connectivity index (χ2n) is 4.78. The predicted octanol–water partition coefficient (Wildman–Crippen LogP) is 2.98. The van der Waals surface area contributed by atoms with Crippen molar-refractivity contribution in [2.45, 2.75) is 35.6 Å². The molecule has 1 aliphatic heterocycles. The lowest BCUT2D eigenvalue weighted by molar-refractivity contribution is 0.396. The van der Waals surface area contributed by atoms with Crippen LogP contribution in [-0.2, 0) is 0 Å². The van der Waals surface area contributed by atoms with Gasteiger partial charge in [0.2, 0.25) is 0 Å². The Labute approximate surface area is 124 Å². The summed E-state index contributed by atoms with van der Waals surface area (Å²) in [6.45, 7) is 4.63. The van der Waals surface area contributed by atoms with E-state index < -0.39 is 0 Å². The fourth-order valence-corrected chi connectivity index (χ4v) is 5.42. The van der Waals surface area contributed by atoms with Crippen LogP contribution in [0.2, 0.25) is 0 Å². The number of hydrogen-bond acceptors (Lipinski definition) is 5. The lowest BCUT2D eigenvalue weighted by Gasteiger charge is -2.35. The highest BCUT2D eigenvalue weighted by atomic mass is 32.2. The Balaban J connectivity index is 2.20. The number of ether oxygens (including phenoxy) is 1. The molecule has 4 unspecified atom stereocenters. The summed E-state index contributed by atoms with van der Waals surface area (Å²) in [5, 5.41) is 5.36. The van der Waals surface area contributed by atoms with Crippen LogP contribution >= 0.6 is 23.5 Å². The first kappa shape index (κ1) is 15.0. The van der Waals surface area contributed by atoms with Gasteiger partial charge in [0.15, 0.2) is 0 Å². The van der Waals surface area contributed by atoms with Crippen molar-refractivity contribution in [3.05, 3.63) is 24.0 Å². The molecule has 2 rings (SSSR count). The molecule has 1 aromatic heterocycles. The summed E-state index contributed by atoms with van der Waals surface area (Å²) in [6, 6.07) is 4.14. The maximum absolute atomic E-state index is 5.45. The van der Waals surface area contributed by atoms with Crippen molar-refractivity contribution in [1.29, 1.82) is 0 Å². The van der Waals surface area contributed by atoms with Crippen LogP contribution in [0.25, 0.3) is 0 Å². The summed E-state index contributed by atoms with van der Waals surface area (Å²) in [4.78, 5) is 4.53. The molecular weight excluding hydrogens is 276 g/mol. The zero-order chi connectivity index (χ0) is 13.8. The van der Waals surface area contributed by atoms with E-state index in [-0.39, 0.29) is 6.04 Å². The molecule has 0 bridgehead atoms. The number of hydrogen-bond donors (Lipinski definition) is 1. The number of aromatic nitrogens is 1. The third-order valence-electron chi connectivity index (χ3n) is 3.57. The first-order valence-electron chi connectivity index (χ1n) is 6.60. The number of rotatable bonds is 4. The van der Waals surface area contributed by atoms with E-state index in [4.69, 9.17) is 4.74 Å². The molecular formula is C14H22N2OS2. The van der Waals surface area contributed by atoms with E-state index in [1.165, 1.54) is 0 Å². The van der Waals surface area contributed by atoms with E-state index in [2.05, 4.69) is 47.7 Å². The Bertz CT molecular complexity index is 416. The van der Waals surface area contributed by atoms with Crippen molar-refractivity contribution in [1.82, 2.24) is 10.3 Å². The van der Waals surface area contributed by atoms with Crippen molar-refractivity contribution < 1.29 is 4.74 Å². The van der Waals surface area contributed by atoms with E-state index >= 15 is 0 Å². The lowest BCUT2D eigenvalue weighted by atomic mass is 10.1. The third-order valence-corrected chi connectivity index (χ3v) is 7.07. The van der Waals surface area contributed by atoms with Gasteiger partial charge in [-0.3, -0.25) is 4.98 Å². The van der Waals surface area contributed by atoms with Crippen LogP contribution in [0.1, 0.15) is 25.6 Å². The summed E-state index contributed by atoms with van der Waals surface area (Å²) in [7, 11) is 3.72. The zero-order valence-corrected chi connectivity index (χ0v) is 13.6. The van der Waals surface area contributed by atoms with Crippen LogP contribution in [0, 0.1) is 0 Å². The highest BCUT2D eigenvalue weighted by molar-refractivity contribution is 8.07. The largest absolute Gasteiger partial charge is 0.495 e. The molecule has 4 atom stereocenters. The molecule has 5 heteroatoms. The van der Waals surface area contributed by atoms with Gasteiger partial charge < -0.3 is 10.1 Å². The van der Waals surface area contributed by atoms with E-state index in [1.54, 1.807) is 7.11 Å². The van der Waals surface area contributed by atoms with Gasteiger partial charge >= 0.3 is 0 Å². The molecule has 3 nitrogen and oxygen atoms in total. The average Bonchev–Trinajstić information content (AvgIpc) is 2.44. The second-order valence-corrected chi connectivity index (χ2v) is 7.81. The maximum Gasteiger partial charge on any atom is 0.142 e. The van der Waals surface area contributed by atoms with Crippen LogP contribution in [0.5, 0.6) is 5.75 Å². The van der Waals surface area contributed by atoms with Crippen LogP contribution in [0.15, 0.2) is 18.3 Å². The minimum atomic E-state index is 0.239. The first-order valence-corrected chi connectivity index (χ1v) is 8.59. The lowest BCUT2D eigenvalue weighted by Crippen LogP contribution is -2.36.